The largest absolute Gasteiger partial charge is 0.314 e. The molecule has 0 atom stereocenters. The number of hydrogen-bond acceptors (Lipinski definition) is 2. The number of hydroxylamine groups is 2. The zero-order valence-electron chi connectivity index (χ0n) is 6.29. The van der Waals surface area contributed by atoms with Gasteiger partial charge in [0.2, 0.25) is 0 Å². The van der Waals surface area contributed by atoms with Gasteiger partial charge >= 0.3 is 0 Å². The number of nitrogens with zero attached hydrogens (tertiary/aromatic N) is 1. The van der Waals surface area contributed by atoms with Gasteiger partial charge in [-0.25, -0.2) is 0 Å². The van der Waals surface area contributed by atoms with Crippen molar-refractivity contribution < 1.29 is 5.21 Å². The molecule has 0 aliphatic heterocycles. The van der Waals surface area contributed by atoms with Gasteiger partial charge in [0.1, 0.15) is 0 Å². The van der Waals surface area contributed by atoms with E-state index in [9.17, 15) is 0 Å². The van der Waals surface area contributed by atoms with Gasteiger partial charge in [0.25, 0.3) is 0 Å². The van der Waals surface area contributed by atoms with E-state index in [4.69, 9.17) is 5.21 Å². The van der Waals surface area contributed by atoms with E-state index < -0.39 is 0 Å². The van der Waals surface area contributed by atoms with Crippen molar-refractivity contribution in [2.75, 3.05) is 7.05 Å². The van der Waals surface area contributed by atoms with Crippen molar-refractivity contribution in [1.82, 2.24) is 5.06 Å². The standard InChI is InChI=1S/C8H10BrNO/c1-10(11)6-7-4-2-3-5-8(7)9/h2-5,11H,6H2,1H3. The van der Waals surface area contributed by atoms with Crippen LogP contribution in [-0.2, 0) is 6.54 Å². The average molecular weight is 216 g/mol. The first kappa shape index (κ1) is 8.71. The molecule has 0 aliphatic rings. The first-order chi connectivity index (χ1) is 5.20. The summed E-state index contributed by atoms with van der Waals surface area (Å²) in [5.74, 6) is 0. The molecule has 0 unspecified atom stereocenters. The molecular weight excluding hydrogens is 206 g/mol. The maximum Gasteiger partial charge on any atom is 0.0496 e. The van der Waals surface area contributed by atoms with Gasteiger partial charge in [0.15, 0.2) is 0 Å². The maximum absolute atomic E-state index is 8.94. The SMILES string of the molecule is CN(O)Cc1ccccc1Br. The molecule has 1 aromatic carbocycles. The first-order valence-electron chi connectivity index (χ1n) is 3.33. The summed E-state index contributed by atoms with van der Waals surface area (Å²) in [4.78, 5) is 0. The third-order valence-corrected chi connectivity index (χ3v) is 2.13. The van der Waals surface area contributed by atoms with Gasteiger partial charge in [-0.15, -0.1) is 0 Å². The van der Waals surface area contributed by atoms with Crippen LogP contribution < -0.4 is 0 Å². The Labute approximate surface area is 74.5 Å². The minimum absolute atomic E-state index is 0.543. The van der Waals surface area contributed by atoms with Gasteiger partial charge < -0.3 is 5.21 Å². The summed E-state index contributed by atoms with van der Waals surface area (Å²) in [7, 11) is 1.62. The van der Waals surface area contributed by atoms with Gasteiger partial charge in [-0.3, -0.25) is 0 Å². The molecule has 0 radical (unpaired) electrons. The lowest BCUT2D eigenvalue weighted by atomic mass is 10.2. The topological polar surface area (TPSA) is 23.5 Å². The molecule has 0 heterocycles. The number of halogens is 1. The summed E-state index contributed by atoms with van der Waals surface area (Å²) in [5.41, 5.74) is 1.08. The highest BCUT2D eigenvalue weighted by atomic mass is 79.9. The van der Waals surface area contributed by atoms with Crippen molar-refractivity contribution in [3.8, 4) is 0 Å². The fraction of sp³-hybridized carbons (Fsp3) is 0.250. The van der Waals surface area contributed by atoms with Crippen molar-refractivity contribution in [1.29, 1.82) is 0 Å². The fourth-order valence-corrected chi connectivity index (χ4v) is 1.28. The number of rotatable bonds is 2. The number of hydrogen-bond donors (Lipinski definition) is 1. The Morgan fingerprint density at radius 3 is 2.64 bits per heavy atom. The highest BCUT2D eigenvalue weighted by Crippen LogP contribution is 2.16. The lowest BCUT2D eigenvalue weighted by Crippen LogP contribution is -2.11. The second kappa shape index (κ2) is 3.85. The molecule has 1 N–H and O–H groups in total. The van der Waals surface area contributed by atoms with Crippen LogP contribution in [0, 0.1) is 0 Å². The van der Waals surface area contributed by atoms with Crippen LogP contribution in [0.2, 0.25) is 0 Å². The average Bonchev–Trinajstić information content (AvgIpc) is 1.93. The van der Waals surface area contributed by atoms with Crippen LogP contribution in [0.4, 0.5) is 0 Å². The highest BCUT2D eigenvalue weighted by Gasteiger charge is 1.99. The molecule has 0 saturated carbocycles. The summed E-state index contributed by atoms with van der Waals surface area (Å²) in [5, 5.41) is 10.1. The van der Waals surface area contributed by atoms with Crippen LogP contribution in [0.25, 0.3) is 0 Å². The first-order valence-corrected chi connectivity index (χ1v) is 4.13. The normalized spacial score (nSPS) is 10.5. The maximum atomic E-state index is 8.94. The molecule has 0 amide bonds. The highest BCUT2D eigenvalue weighted by molar-refractivity contribution is 9.10. The van der Waals surface area contributed by atoms with Crippen molar-refractivity contribution in [3.05, 3.63) is 34.3 Å². The van der Waals surface area contributed by atoms with Crippen LogP contribution in [0.15, 0.2) is 28.7 Å². The van der Waals surface area contributed by atoms with Crippen LogP contribution in [0.5, 0.6) is 0 Å². The third-order valence-electron chi connectivity index (χ3n) is 1.36. The van der Waals surface area contributed by atoms with E-state index in [2.05, 4.69) is 15.9 Å². The number of benzene rings is 1. The Morgan fingerprint density at radius 1 is 1.45 bits per heavy atom. The van der Waals surface area contributed by atoms with E-state index in [1.807, 2.05) is 24.3 Å². The van der Waals surface area contributed by atoms with E-state index in [1.54, 1.807) is 7.05 Å². The van der Waals surface area contributed by atoms with E-state index >= 15 is 0 Å². The summed E-state index contributed by atoms with van der Waals surface area (Å²) in [6.07, 6.45) is 0. The van der Waals surface area contributed by atoms with Crippen LogP contribution in [0.3, 0.4) is 0 Å². The Balaban J connectivity index is 2.78. The molecule has 0 bridgehead atoms. The molecule has 60 valence electrons. The molecule has 0 aliphatic carbocycles. The van der Waals surface area contributed by atoms with Gasteiger partial charge in [-0.2, -0.15) is 5.06 Å². The third kappa shape index (κ3) is 2.61. The van der Waals surface area contributed by atoms with E-state index in [0.29, 0.717) is 6.54 Å². The molecule has 1 rings (SSSR count). The van der Waals surface area contributed by atoms with Gasteiger partial charge in [-0.05, 0) is 11.6 Å². The second-order valence-electron chi connectivity index (χ2n) is 2.41. The molecular formula is C8H10BrNO. The molecule has 11 heavy (non-hydrogen) atoms. The summed E-state index contributed by atoms with van der Waals surface area (Å²) < 4.78 is 1.03. The van der Waals surface area contributed by atoms with Crippen LogP contribution in [-0.4, -0.2) is 17.3 Å². The van der Waals surface area contributed by atoms with E-state index in [0.717, 1.165) is 15.1 Å². The minimum Gasteiger partial charge on any atom is -0.314 e. The molecule has 0 aromatic heterocycles. The van der Waals surface area contributed by atoms with Crippen LogP contribution >= 0.6 is 15.9 Å². The lowest BCUT2D eigenvalue weighted by molar-refractivity contribution is -0.0733. The van der Waals surface area contributed by atoms with Crippen molar-refractivity contribution in [2.24, 2.45) is 0 Å². The van der Waals surface area contributed by atoms with Gasteiger partial charge in [-0.1, -0.05) is 34.1 Å². The molecule has 3 heteroatoms. The van der Waals surface area contributed by atoms with Crippen LogP contribution in [0.1, 0.15) is 5.56 Å². The lowest BCUT2D eigenvalue weighted by Gasteiger charge is -2.08. The Hall–Kier alpha value is -0.380. The van der Waals surface area contributed by atoms with Crippen molar-refractivity contribution in [3.63, 3.8) is 0 Å². The predicted molar refractivity (Wildman–Crippen MR) is 47.4 cm³/mol. The molecule has 0 fully saturated rings. The van der Waals surface area contributed by atoms with E-state index in [1.165, 1.54) is 0 Å². The van der Waals surface area contributed by atoms with E-state index in [-0.39, 0.29) is 0 Å². The Bertz CT molecular complexity index is 237. The summed E-state index contributed by atoms with van der Waals surface area (Å²) in [6, 6.07) is 7.82. The molecule has 0 saturated heterocycles. The van der Waals surface area contributed by atoms with Gasteiger partial charge in [0.05, 0.1) is 0 Å². The smallest absolute Gasteiger partial charge is 0.0496 e. The zero-order chi connectivity index (χ0) is 8.27. The summed E-state index contributed by atoms with van der Waals surface area (Å²) >= 11 is 3.39. The fourth-order valence-electron chi connectivity index (χ4n) is 0.873. The second-order valence-corrected chi connectivity index (χ2v) is 3.26. The predicted octanol–water partition coefficient (Wildman–Crippen LogP) is 2.27. The molecule has 0 spiro atoms. The molecule has 1 aromatic rings. The zero-order valence-corrected chi connectivity index (χ0v) is 7.87. The van der Waals surface area contributed by atoms with Gasteiger partial charge in [0, 0.05) is 18.1 Å². The monoisotopic (exact) mass is 215 g/mol. The Morgan fingerprint density at radius 2 is 2.09 bits per heavy atom. The van der Waals surface area contributed by atoms with Crippen molar-refractivity contribution >= 4 is 15.9 Å². The molecule has 2 nitrogen and oxygen atoms in total. The van der Waals surface area contributed by atoms with Crippen molar-refractivity contribution in [2.45, 2.75) is 6.54 Å². The minimum atomic E-state index is 0.543. The summed E-state index contributed by atoms with van der Waals surface area (Å²) in [6.45, 7) is 0.543. The Kier molecular flexibility index (Phi) is 3.05. The quantitative estimate of drug-likeness (QED) is 0.766.